The molecular formula is C16H22ClNO3. The van der Waals surface area contributed by atoms with Gasteiger partial charge in [0.25, 0.3) is 0 Å². The molecule has 0 spiro atoms. The number of phenolic OH excluding ortho intramolecular Hbond substituents is 1. The van der Waals surface area contributed by atoms with Crippen molar-refractivity contribution in [2.75, 3.05) is 19.8 Å². The van der Waals surface area contributed by atoms with Crippen LogP contribution in [-0.4, -0.2) is 35.7 Å². The highest BCUT2D eigenvalue weighted by Gasteiger charge is 2.23. The Labute approximate surface area is 130 Å². The number of hydrogen-bond donors (Lipinski definition) is 2. The quantitative estimate of drug-likeness (QED) is 0.820. The van der Waals surface area contributed by atoms with Crippen molar-refractivity contribution in [3.05, 3.63) is 22.2 Å². The van der Waals surface area contributed by atoms with Gasteiger partial charge in [0.15, 0.2) is 0 Å². The smallest absolute Gasteiger partial charge is 0.147 e. The van der Waals surface area contributed by atoms with Crippen LogP contribution in [0.3, 0.4) is 0 Å². The second kappa shape index (κ2) is 7.14. The summed E-state index contributed by atoms with van der Waals surface area (Å²) in [4.78, 5) is 4.55. The third-order valence-electron chi connectivity index (χ3n) is 3.75. The molecule has 4 nitrogen and oxygen atoms in total. The van der Waals surface area contributed by atoms with Crippen LogP contribution < -0.4 is 4.74 Å². The van der Waals surface area contributed by atoms with Crippen LogP contribution in [-0.2, 0) is 0 Å². The van der Waals surface area contributed by atoms with Gasteiger partial charge >= 0.3 is 0 Å². The van der Waals surface area contributed by atoms with Crippen molar-refractivity contribution in [3.63, 3.8) is 0 Å². The predicted octanol–water partition coefficient (Wildman–Crippen LogP) is 3.33. The fourth-order valence-electron chi connectivity index (χ4n) is 2.60. The summed E-state index contributed by atoms with van der Waals surface area (Å²) in [5.74, 6) is 0.838. The van der Waals surface area contributed by atoms with Crippen LogP contribution in [0.5, 0.6) is 11.5 Å². The molecule has 1 atom stereocenters. The third kappa shape index (κ3) is 3.50. The van der Waals surface area contributed by atoms with E-state index in [1.54, 1.807) is 0 Å². The molecule has 0 saturated heterocycles. The van der Waals surface area contributed by atoms with Crippen LogP contribution in [0.2, 0.25) is 5.02 Å². The van der Waals surface area contributed by atoms with Gasteiger partial charge in [-0.2, -0.15) is 0 Å². The van der Waals surface area contributed by atoms with Crippen molar-refractivity contribution in [2.45, 2.75) is 33.1 Å². The molecule has 116 valence electrons. The lowest BCUT2D eigenvalue weighted by Crippen LogP contribution is -2.18. The Balaban J connectivity index is 2.35. The first kappa shape index (κ1) is 16.1. The van der Waals surface area contributed by atoms with Gasteiger partial charge in [-0.05, 0) is 37.3 Å². The van der Waals surface area contributed by atoms with Crippen LogP contribution in [0.1, 0.15) is 37.3 Å². The first-order chi connectivity index (χ1) is 10.1. The molecule has 1 aliphatic rings. The van der Waals surface area contributed by atoms with Gasteiger partial charge in [-0.1, -0.05) is 18.5 Å². The highest BCUT2D eigenvalue weighted by molar-refractivity contribution is 6.34. The SMILES string of the molecule is Cc1cc(C2=NCCCC2C)c(O)c(Cl)c1OCCCO. The lowest BCUT2D eigenvalue weighted by molar-refractivity contribution is 0.232. The van der Waals surface area contributed by atoms with Gasteiger partial charge in [0.1, 0.15) is 16.5 Å². The number of nitrogens with zero attached hydrogens (tertiary/aromatic N) is 1. The monoisotopic (exact) mass is 311 g/mol. The van der Waals surface area contributed by atoms with E-state index in [1.807, 2.05) is 13.0 Å². The molecule has 2 rings (SSSR count). The minimum absolute atomic E-state index is 0.0359. The summed E-state index contributed by atoms with van der Waals surface area (Å²) >= 11 is 6.26. The molecule has 0 amide bonds. The number of rotatable bonds is 5. The highest BCUT2D eigenvalue weighted by atomic mass is 35.5. The van der Waals surface area contributed by atoms with E-state index in [0.717, 1.165) is 30.7 Å². The first-order valence-corrected chi connectivity index (χ1v) is 7.74. The molecule has 1 unspecified atom stereocenters. The van der Waals surface area contributed by atoms with E-state index in [1.165, 1.54) is 0 Å². The maximum atomic E-state index is 10.4. The maximum absolute atomic E-state index is 10.4. The summed E-state index contributed by atoms with van der Waals surface area (Å²) in [5.41, 5.74) is 2.50. The van der Waals surface area contributed by atoms with Crippen LogP contribution in [0.4, 0.5) is 0 Å². The molecule has 0 radical (unpaired) electrons. The van der Waals surface area contributed by atoms with E-state index in [4.69, 9.17) is 21.4 Å². The summed E-state index contributed by atoms with van der Waals surface area (Å²) in [5, 5.41) is 19.4. The van der Waals surface area contributed by atoms with Gasteiger partial charge < -0.3 is 14.9 Å². The zero-order valence-electron chi connectivity index (χ0n) is 12.5. The van der Waals surface area contributed by atoms with Crippen molar-refractivity contribution in [1.82, 2.24) is 0 Å². The van der Waals surface area contributed by atoms with E-state index in [9.17, 15) is 5.11 Å². The average Bonchev–Trinajstić information content (AvgIpc) is 2.47. The fourth-order valence-corrected chi connectivity index (χ4v) is 2.91. The number of phenols is 1. The average molecular weight is 312 g/mol. The molecule has 21 heavy (non-hydrogen) atoms. The zero-order valence-corrected chi connectivity index (χ0v) is 13.3. The third-order valence-corrected chi connectivity index (χ3v) is 4.10. The second-order valence-electron chi connectivity index (χ2n) is 5.47. The number of aromatic hydroxyl groups is 1. The normalized spacial score (nSPS) is 18.5. The minimum Gasteiger partial charge on any atom is -0.506 e. The van der Waals surface area contributed by atoms with E-state index in [2.05, 4.69) is 11.9 Å². The number of ether oxygens (including phenoxy) is 1. The topological polar surface area (TPSA) is 62.1 Å². The molecule has 0 aromatic heterocycles. The van der Waals surface area contributed by atoms with E-state index < -0.39 is 0 Å². The Bertz CT molecular complexity index is 543. The molecule has 0 aliphatic carbocycles. The van der Waals surface area contributed by atoms with Crippen molar-refractivity contribution < 1.29 is 14.9 Å². The number of hydrogen-bond acceptors (Lipinski definition) is 4. The Kier molecular flexibility index (Phi) is 5.48. The lowest BCUT2D eigenvalue weighted by atomic mass is 9.90. The number of aryl methyl sites for hydroxylation is 1. The Morgan fingerprint density at radius 1 is 1.48 bits per heavy atom. The van der Waals surface area contributed by atoms with Gasteiger partial charge in [0.2, 0.25) is 0 Å². The predicted molar refractivity (Wildman–Crippen MR) is 84.9 cm³/mol. The van der Waals surface area contributed by atoms with Crippen LogP contribution in [0.15, 0.2) is 11.1 Å². The Morgan fingerprint density at radius 3 is 2.90 bits per heavy atom. The molecule has 1 aromatic rings. The van der Waals surface area contributed by atoms with Gasteiger partial charge in [-0.25, -0.2) is 0 Å². The van der Waals surface area contributed by atoms with Gasteiger partial charge in [-0.15, -0.1) is 0 Å². The molecule has 0 bridgehead atoms. The molecule has 1 aromatic carbocycles. The van der Waals surface area contributed by atoms with E-state index >= 15 is 0 Å². The Morgan fingerprint density at radius 2 is 2.24 bits per heavy atom. The molecule has 0 fully saturated rings. The molecular weight excluding hydrogens is 290 g/mol. The first-order valence-electron chi connectivity index (χ1n) is 7.36. The van der Waals surface area contributed by atoms with E-state index in [-0.39, 0.29) is 17.4 Å². The van der Waals surface area contributed by atoms with Gasteiger partial charge in [-0.3, -0.25) is 4.99 Å². The lowest BCUT2D eigenvalue weighted by Gasteiger charge is -2.22. The largest absolute Gasteiger partial charge is 0.506 e. The van der Waals surface area contributed by atoms with Gasteiger partial charge in [0.05, 0.1) is 6.61 Å². The number of benzene rings is 1. The van der Waals surface area contributed by atoms with Crippen molar-refractivity contribution in [2.24, 2.45) is 10.9 Å². The summed E-state index contributed by atoms with van der Waals surface area (Å²) in [6, 6.07) is 1.89. The maximum Gasteiger partial charge on any atom is 0.147 e. The number of aliphatic imine (C=N–C) groups is 1. The zero-order chi connectivity index (χ0) is 15.4. The molecule has 5 heteroatoms. The fraction of sp³-hybridized carbons (Fsp3) is 0.562. The standard InChI is InChI=1S/C16H22ClNO3/c1-10-5-3-6-18-14(10)12-9-11(2)16(13(17)15(12)20)21-8-4-7-19/h9-10,19-20H,3-8H2,1-2H3. The van der Waals surface area contributed by atoms with Crippen LogP contribution in [0, 0.1) is 12.8 Å². The highest BCUT2D eigenvalue weighted by Crippen LogP contribution is 2.40. The minimum atomic E-state index is 0.0359. The summed E-state index contributed by atoms with van der Waals surface area (Å²) in [6.07, 6.45) is 2.69. The molecule has 1 heterocycles. The van der Waals surface area contributed by atoms with Crippen LogP contribution in [0.25, 0.3) is 0 Å². The summed E-state index contributed by atoms with van der Waals surface area (Å²) < 4.78 is 5.57. The van der Waals surface area contributed by atoms with Crippen LogP contribution >= 0.6 is 11.6 Å². The number of aliphatic hydroxyl groups is 1. The van der Waals surface area contributed by atoms with E-state index in [0.29, 0.717) is 30.3 Å². The molecule has 1 aliphatic heterocycles. The molecule has 0 saturated carbocycles. The Hall–Kier alpha value is -1.26. The van der Waals surface area contributed by atoms with Crippen molar-refractivity contribution in [3.8, 4) is 11.5 Å². The number of halogens is 1. The summed E-state index contributed by atoms with van der Waals surface area (Å²) in [6.45, 7) is 5.25. The van der Waals surface area contributed by atoms with Crippen molar-refractivity contribution in [1.29, 1.82) is 0 Å². The van der Waals surface area contributed by atoms with Gasteiger partial charge in [0, 0.05) is 30.8 Å². The number of aliphatic hydroxyl groups excluding tert-OH is 1. The second-order valence-corrected chi connectivity index (χ2v) is 5.85. The molecule has 2 N–H and O–H groups in total. The summed E-state index contributed by atoms with van der Waals surface area (Å²) in [7, 11) is 0. The van der Waals surface area contributed by atoms with Crippen molar-refractivity contribution >= 4 is 17.3 Å².